The minimum Gasteiger partial charge on any atom is -0.481 e. The second-order valence-corrected chi connectivity index (χ2v) is 9.08. The van der Waals surface area contributed by atoms with E-state index in [-0.39, 0.29) is 16.8 Å². The van der Waals surface area contributed by atoms with E-state index in [2.05, 4.69) is 20.0 Å². The first-order valence-electron chi connectivity index (χ1n) is 10.1. The van der Waals surface area contributed by atoms with Crippen molar-refractivity contribution in [3.05, 3.63) is 71.5 Å². The summed E-state index contributed by atoms with van der Waals surface area (Å²) in [6, 6.07) is 13.2. The Balaban J connectivity index is 1.67. The van der Waals surface area contributed by atoms with E-state index < -0.39 is 16.1 Å². The van der Waals surface area contributed by atoms with E-state index in [1.807, 2.05) is 39.0 Å². The molecule has 8 nitrogen and oxygen atoms in total. The summed E-state index contributed by atoms with van der Waals surface area (Å²) in [6.45, 7) is 7.60. The minimum absolute atomic E-state index is 0.00309. The minimum atomic E-state index is -3.86. The van der Waals surface area contributed by atoms with Crippen LogP contribution in [0.3, 0.4) is 0 Å². The fraction of sp³-hybridized carbons (Fsp3) is 0.261. The van der Waals surface area contributed by atoms with Gasteiger partial charge in [0.1, 0.15) is 5.75 Å². The number of nitrogens with one attached hydrogen (secondary N) is 2. The fourth-order valence-corrected chi connectivity index (χ4v) is 3.84. The van der Waals surface area contributed by atoms with Crippen molar-refractivity contribution in [2.24, 2.45) is 0 Å². The quantitative estimate of drug-likeness (QED) is 0.532. The first-order valence-corrected chi connectivity index (χ1v) is 11.6. The highest BCUT2D eigenvalue weighted by atomic mass is 32.2. The molecule has 0 saturated carbocycles. The van der Waals surface area contributed by atoms with Crippen LogP contribution in [-0.2, 0) is 14.8 Å². The molecule has 2 N–H and O–H groups in total. The molecule has 1 aromatic heterocycles. The molecule has 1 heterocycles. The third-order valence-electron chi connectivity index (χ3n) is 4.87. The standard InChI is InChI=1S/C23H26N4O4S/c1-5-21(31-19-9-6-15(2)16(3)14-19)22(28)26-18-7-10-20(11-8-18)32(29,30)27-23-24-13-12-17(4)25-23/h6-14,21H,5H2,1-4H3,(H,26,28)(H,24,25,27)/t21-/m0/s1. The van der Waals surface area contributed by atoms with E-state index in [0.717, 1.165) is 11.1 Å². The number of hydrogen-bond acceptors (Lipinski definition) is 6. The Hall–Kier alpha value is -3.46. The maximum absolute atomic E-state index is 12.7. The van der Waals surface area contributed by atoms with Gasteiger partial charge in [-0.1, -0.05) is 13.0 Å². The molecule has 0 aliphatic heterocycles. The highest BCUT2D eigenvalue weighted by Gasteiger charge is 2.20. The Morgan fingerprint density at radius 2 is 1.75 bits per heavy atom. The zero-order valence-corrected chi connectivity index (χ0v) is 19.2. The van der Waals surface area contributed by atoms with Gasteiger partial charge in [-0.25, -0.2) is 23.1 Å². The van der Waals surface area contributed by atoms with E-state index in [1.54, 1.807) is 13.0 Å². The molecule has 3 rings (SSSR count). The van der Waals surface area contributed by atoms with Crippen LogP contribution >= 0.6 is 0 Å². The topological polar surface area (TPSA) is 110 Å². The van der Waals surface area contributed by atoms with E-state index >= 15 is 0 Å². The molecular formula is C23H26N4O4S. The predicted molar refractivity (Wildman–Crippen MR) is 123 cm³/mol. The zero-order valence-electron chi connectivity index (χ0n) is 18.4. The van der Waals surface area contributed by atoms with Gasteiger partial charge in [-0.05, 0) is 80.8 Å². The smallest absolute Gasteiger partial charge is 0.265 e. The van der Waals surface area contributed by atoms with Crippen molar-refractivity contribution >= 4 is 27.6 Å². The van der Waals surface area contributed by atoms with Crippen molar-refractivity contribution in [3.63, 3.8) is 0 Å². The SMILES string of the molecule is CC[C@H](Oc1ccc(C)c(C)c1)C(=O)Nc1ccc(S(=O)(=O)Nc2nccc(C)n2)cc1. The monoisotopic (exact) mass is 454 g/mol. The van der Waals surface area contributed by atoms with Crippen molar-refractivity contribution in [3.8, 4) is 5.75 Å². The van der Waals surface area contributed by atoms with E-state index in [9.17, 15) is 13.2 Å². The molecule has 0 spiro atoms. The molecule has 3 aromatic rings. The number of sulfonamides is 1. The van der Waals surface area contributed by atoms with Gasteiger partial charge in [-0.3, -0.25) is 4.79 Å². The second-order valence-electron chi connectivity index (χ2n) is 7.40. The second kappa shape index (κ2) is 9.78. The van der Waals surface area contributed by atoms with Crippen molar-refractivity contribution in [2.75, 3.05) is 10.0 Å². The highest BCUT2D eigenvalue weighted by Crippen LogP contribution is 2.20. The van der Waals surface area contributed by atoms with Crippen LogP contribution in [0.15, 0.2) is 59.6 Å². The van der Waals surface area contributed by atoms with Crippen LogP contribution < -0.4 is 14.8 Å². The maximum atomic E-state index is 12.7. The molecular weight excluding hydrogens is 428 g/mol. The van der Waals surface area contributed by atoms with Crippen molar-refractivity contribution < 1.29 is 17.9 Å². The molecule has 0 aliphatic rings. The highest BCUT2D eigenvalue weighted by molar-refractivity contribution is 7.92. The van der Waals surface area contributed by atoms with Gasteiger partial charge in [-0.2, -0.15) is 0 Å². The number of aromatic nitrogens is 2. The first kappa shape index (κ1) is 23.2. The molecule has 168 valence electrons. The van der Waals surface area contributed by atoms with Crippen LogP contribution in [0.4, 0.5) is 11.6 Å². The van der Waals surface area contributed by atoms with E-state index in [1.165, 1.54) is 30.5 Å². The van der Waals surface area contributed by atoms with Gasteiger partial charge in [0.15, 0.2) is 6.10 Å². The average Bonchev–Trinajstić information content (AvgIpc) is 2.74. The summed E-state index contributed by atoms with van der Waals surface area (Å²) in [7, 11) is -3.86. The molecule has 9 heteroatoms. The molecule has 1 atom stereocenters. The lowest BCUT2D eigenvalue weighted by molar-refractivity contribution is -0.122. The lowest BCUT2D eigenvalue weighted by Gasteiger charge is -2.18. The summed E-state index contributed by atoms with van der Waals surface area (Å²) in [4.78, 5) is 20.6. The molecule has 0 fully saturated rings. The van der Waals surface area contributed by atoms with Gasteiger partial charge in [0.2, 0.25) is 5.95 Å². The number of rotatable bonds is 8. The Kier molecular flexibility index (Phi) is 7.09. The van der Waals surface area contributed by atoms with Crippen LogP contribution in [0, 0.1) is 20.8 Å². The van der Waals surface area contributed by atoms with Crippen LogP contribution in [-0.4, -0.2) is 30.4 Å². The lowest BCUT2D eigenvalue weighted by atomic mass is 10.1. The molecule has 1 amide bonds. The summed E-state index contributed by atoms with van der Waals surface area (Å²) < 4.78 is 33.3. The third-order valence-corrected chi connectivity index (χ3v) is 6.22. The molecule has 2 aromatic carbocycles. The number of ether oxygens (including phenoxy) is 1. The summed E-state index contributed by atoms with van der Waals surface area (Å²) in [5.74, 6) is 0.310. The number of amides is 1. The number of carbonyl (C=O) groups is 1. The van der Waals surface area contributed by atoms with Crippen molar-refractivity contribution in [1.82, 2.24) is 9.97 Å². The van der Waals surface area contributed by atoms with Crippen LogP contribution in [0.25, 0.3) is 0 Å². The number of anilines is 2. The number of benzene rings is 2. The first-order chi connectivity index (χ1) is 15.2. The summed E-state index contributed by atoms with van der Waals surface area (Å²) in [5, 5.41) is 2.77. The van der Waals surface area contributed by atoms with Gasteiger partial charge in [0.25, 0.3) is 15.9 Å². The number of aryl methyl sites for hydroxylation is 3. The van der Waals surface area contributed by atoms with Crippen molar-refractivity contribution in [1.29, 1.82) is 0 Å². The third kappa shape index (κ3) is 5.82. The Morgan fingerprint density at radius 3 is 2.38 bits per heavy atom. The number of nitrogens with zero attached hydrogens (tertiary/aromatic N) is 2. The molecule has 0 saturated heterocycles. The van der Waals surface area contributed by atoms with Gasteiger partial charge in [-0.15, -0.1) is 0 Å². The maximum Gasteiger partial charge on any atom is 0.265 e. The largest absolute Gasteiger partial charge is 0.481 e. The Bertz CT molecular complexity index is 1210. The van der Waals surface area contributed by atoms with Gasteiger partial charge >= 0.3 is 0 Å². The normalized spacial score (nSPS) is 12.1. The predicted octanol–water partition coefficient (Wildman–Crippen LogP) is 4.00. The molecule has 0 unspecified atom stereocenters. The molecule has 0 aliphatic carbocycles. The molecule has 0 bridgehead atoms. The summed E-state index contributed by atoms with van der Waals surface area (Å²) >= 11 is 0. The summed E-state index contributed by atoms with van der Waals surface area (Å²) in [6.07, 6.45) is 1.27. The lowest BCUT2D eigenvalue weighted by Crippen LogP contribution is -2.32. The van der Waals surface area contributed by atoms with Gasteiger partial charge < -0.3 is 10.1 Å². The zero-order chi connectivity index (χ0) is 23.3. The average molecular weight is 455 g/mol. The summed E-state index contributed by atoms with van der Waals surface area (Å²) in [5.41, 5.74) is 3.33. The number of hydrogen-bond donors (Lipinski definition) is 2. The van der Waals surface area contributed by atoms with Gasteiger partial charge in [0, 0.05) is 17.6 Å². The number of carbonyl (C=O) groups excluding carboxylic acids is 1. The van der Waals surface area contributed by atoms with Crippen molar-refractivity contribution in [2.45, 2.75) is 45.1 Å². The van der Waals surface area contributed by atoms with Crippen LogP contribution in [0.2, 0.25) is 0 Å². The van der Waals surface area contributed by atoms with E-state index in [0.29, 0.717) is 23.6 Å². The van der Waals surface area contributed by atoms with Crippen LogP contribution in [0.5, 0.6) is 5.75 Å². The Morgan fingerprint density at radius 1 is 1.03 bits per heavy atom. The van der Waals surface area contributed by atoms with E-state index in [4.69, 9.17) is 4.74 Å². The van der Waals surface area contributed by atoms with Gasteiger partial charge in [0.05, 0.1) is 4.90 Å². The Labute approximate surface area is 188 Å². The van der Waals surface area contributed by atoms with Crippen LogP contribution in [0.1, 0.15) is 30.2 Å². The fourth-order valence-electron chi connectivity index (χ4n) is 2.89. The molecule has 32 heavy (non-hydrogen) atoms. The molecule has 0 radical (unpaired) electrons.